The van der Waals surface area contributed by atoms with E-state index in [0.29, 0.717) is 18.6 Å². The van der Waals surface area contributed by atoms with Crippen molar-refractivity contribution in [1.82, 2.24) is 10.6 Å². The molecule has 5 nitrogen and oxygen atoms in total. The molecule has 1 aromatic carbocycles. The van der Waals surface area contributed by atoms with Crippen LogP contribution in [-0.2, 0) is 11.3 Å². The van der Waals surface area contributed by atoms with Gasteiger partial charge in [-0.3, -0.25) is 4.99 Å². The molecule has 2 rings (SSSR count). The van der Waals surface area contributed by atoms with Gasteiger partial charge in [-0.25, -0.2) is 0 Å². The molecule has 0 radical (unpaired) electrons. The van der Waals surface area contributed by atoms with Crippen LogP contribution in [0.3, 0.4) is 0 Å². The molecule has 1 aliphatic rings. The van der Waals surface area contributed by atoms with E-state index in [1.807, 2.05) is 19.2 Å². The smallest absolute Gasteiger partial charge is 0.191 e. The Morgan fingerprint density at radius 1 is 1.19 bits per heavy atom. The van der Waals surface area contributed by atoms with Gasteiger partial charge >= 0.3 is 0 Å². The summed E-state index contributed by atoms with van der Waals surface area (Å²) in [5.74, 6) is 1.74. The van der Waals surface area contributed by atoms with Crippen molar-refractivity contribution in [2.75, 3.05) is 33.9 Å². The number of halogens is 1. The van der Waals surface area contributed by atoms with Crippen molar-refractivity contribution in [2.45, 2.75) is 45.6 Å². The molecule has 0 spiro atoms. The number of methoxy groups -OCH3 is 1. The first-order chi connectivity index (χ1) is 12.2. The average molecular weight is 475 g/mol. The van der Waals surface area contributed by atoms with E-state index in [1.165, 1.54) is 37.7 Å². The van der Waals surface area contributed by atoms with E-state index in [1.54, 1.807) is 7.11 Å². The van der Waals surface area contributed by atoms with Gasteiger partial charge in [0, 0.05) is 27.2 Å². The first-order valence-electron chi connectivity index (χ1n) is 9.36. The van der Waals surface area contributed by atoms with Gasteiger partial charge in [-0.15, -0.1) is 24.0 Å². The summed E-state index contributed by atoms with van der Waals surface area (Å²) in [6, 6.07) is 8.13. The van der Waals surface area contributed by atoms with E-state index in [4.69, 9.17) is 9.47 Å². The summed E-state index contributed by atoms with van der Waals surface area (Å²) < 4.78 is 10.7. The van der Waals surface area contributed by atoms with E-state index < -0.39 is 0 Å². The van der Waals surface area contributed by atoms with Crippen LogP contribution in [0, 0.1) is 5.41 Å². The fourth-order valence-electron chi connectivity index (χ4n) is 3.45. The van der Waals surface area contributed by atoms with Crippen molar-refractivity contribution in [3.05, 3.63) is 29.8 Å². The Balaban J connectivity index is 0.00000338. The lowest BCUT2D eigenvalue weighted by Gasteiger charge is -2.28. The Bertz CT molecular complexity index is 546. The molecule has 6 heteroatoms. The van der Waals surface area contributed by atoms with Gasteiger partial charge in [-0.05, 0) is 42.4 Å². The van der Waals surface area contributed by atoms with E-state index in [-0.39, 0.29) is 24.0 Å². The Kier molecular flexibility index (Phi) is 11.0. The van der Waals surface area contributed by atoms with Gasteiger partial charge in [-0.1, -0.05) is 31.9 Å². The van der Waals surface area contributed by atoms with Crippen molar-refractivity contribution in [3.8, 4) is 5.75 Å². The van der Waals surface area contributed by atoms with Crippen LogP contribution in [0.4, 0.5) is 0 Å². The predicted molar refractivity (Wildman–Crippen MR) is 119 cm³/mol. The molecule has 1 fully saturated rings. The Hall–Kier alpha value is -1.02. The maximum Gasteiger partial charge on any atom is 0.191 e. The number of hydrogen-bond acceptors (Lipinski definition) is 3. The highest BCUT2D eigenvalue weighted by Gasteiger charge is 2.31. The fourth-order valence-corrected chi connectivity index (χ4v) is 3.45. The maximum atomic E-state index is 5.66. The minimum Gasteiger partial charge on any atom is -0.491 e. The van der Waals surface area contributed by atoms with Crippen LogP contribution in [0.1, 0.15) is 44.6 Å². The number of nitrogens with zero attached hydrogens (tertiary/aromatic N) is 1. The Morgan fingerprint density at radius 3 is 2.62 bits per heavy atom. The molecule has 0 amide bonds. The lowest BCUT2D eigenvalue weighted by molar-refractivity contribution is 0.146. The van der Waals surface area contributed by atoms with Crippen LogP contribution in [0.25, 0.3) is 0 Å². The molecule has 1 aromatic rings. The summed E-state index contributed by atoms with van der Waals surface area (Å²) in [4.78, 5) is 4.36. The molecule has 2 N–H and O–H groups in total. The van der Waals surface area contributed by atoms with Gasteiger partial charge in [0.05, 0.1) is 6.61 Å². The Morgan fingerprint density at radius 2 is 1.96 bits per heavy atom. The highest BCUT2D eigenvalue weighted by molar-refractivity contribution is 14.0. The van der Waals surface area contributed by atoms with Crippen LogP contribution < -0.4 is 15.4 Å². The van der Waals surface area contributed by atoms with E-state index in [0.717, 1.165) is 24.8 Å². The Labute approximate surface area is 175 Å². The number of hydrogen-bond donors (Lipinski definition) is 2. The van der Waals surface area contributed by atoms with Gasteiger partial charge < -0.3 is 20.1 Å². The molecule has 0 aliphatic heterocycles. The molecule has 26 heavy (non-hydrogen) atoms. The lowest BCUT2D eigenvalue weighted by Crippen LogP contribution is -2.42. The quantitative estimate of drug-likeness (QED) is 0.246. The number of benzene rings is 1. The number of nitrogens with one attached hydrogen (secondary N) is 2. The van der Waals surface area contributed by atoms with Crippen molar-refractivity contribution in [3.63, 3.8) is 0 Å². The third kappa shape index (κ3) is 7.31. The van der Waals surface area contributed by atoms with Gasteiger partial charge in [-0.2, -0.15) is 0 Å². The highest BCUT2D eigenvalue weighted by Crippen LogP contribution is 2.40. The van der Waals surface area contributed by atoms with Gasteiger partial charge in [0.1, 0.15) is 12.4 Å². The second-order valence-corrected chi connectivity index (χ2v) is 6.83. The lowest BCUT2D eigenvalue weighted by atomic mass is 9.83. The molecule has 0 unspecified atom stereocenters. The molecule has 148 valence electrons. The standard InChI is InChI=1S/C20H33N3O2.HI/c1-4-20(10-5-6-11-20)16-23-19(21-2)22-15-17-8-7-9-18(14-17)25-13-12-24-3;/h7-9,14H,4-6,10-13,15-16H2,1-3H3,(H2,21,22,23);1H. The number of ether oxygens (including phenoxy) is 2. The monoisotopic (exact) mass is 475 g/mol. The van der Waals surface area contributed by atoms with Crippen molar-refractivity contribution in [2.24, 2.45) is 10.4 Å². The van der Waals surface area contributed by atoms with Gasteiger partial charge in [0.2, 0.25) is 0 Å². The van der Waals surface area contributed by atoms with Crippen LogP contribution in [0.15, 0.2) is 29.3 Å². The van der Waals surface area contributed by atoms with Crippen molar-refractivity contribution >= 4 is 29.9 Å². The molecular formula is C20H34IN3O2. The van der Waals surface area contributed by atoms with Crippen LogP contribution in [0.2, 0.25) is 0 Å². The fraction of sp³-hybridized carbons (Fsp3) is 0.650. The van der Waals surface area contributed by atoms with E-state index >= 15 is 0 Å². The largest absolute Gasteiger partial charge is 0.491 e. The zero-order chi connectivity index (χ0) is 18.0. The topological polar surface area (TPSA) is 54.9 Å². The molecule has 0 aromatic heterocycles. The summed E-state index contributed by atoms with van der Waals surface area (Å²) in [6.45, 7) is 5.19. The third-order valence-electron chi connectivity index (χ3n) is 5.18. The first kappa shape index (κ1) is 23.0. The van der Waals surface area contributed by atoms with E-state index in [9.17, 15) is 0 Å². The summed E-state index contributed by atoms with van der Waals surface area (Å²) in [6.07, 6.45) is 6.61. The zero-order valence-electron chi connectivity index (χ0n) is 16.3. The van der Waals surface area contributed by atoms with Crippen molar-refractivity contribution < 1.29 is 9.47 Å². The second kappa shape index (κ2) is 12.4. The molecule has 1 aliphatic carbocycles. The van der Waals surface area contributed by atoms with Gasteiger partial charge in [0.25, 0.3) is 0 Å². The summed E-state index contributed by atoms with van der Waals surface area (Å²) in [5.41, 5.74) is 1.62. The third-order valence-corrected chi connectivity index (χ3v) is 5.18. The second-order valence-electron chi connectivity index (χ2n) is 6.83. The number of aliphatic imine (C=N–C) groups is 1. The minimum absolute atomic E-state index is 0. The molecule has 1 saturated carbocycles. The summed E-state index contributed by atoms with van der Waals surface area (Å²) in [5, 5.41) is 6.93. The molecule has 0 bridgehead atoms. The normalized spacial score (nSPS) is 16.0. The maximum absolute atomic E-state index is 5.66. The van der Waals surface area contributed by atoms with E-state index in [2.05, 4.69) is 34.7 Å². The number of guanidine groups is 1. The highest BCUT2D eigenvalue weighted by atomic mass is 127. The SMILES string of the molecule is CCC1(CNC(=NC)NCc2cccc(OCCOC)c2)CCCC1.I. The zero-order valence-corrected chi connectivity index (χ0v) is 18.7. The van der Waals surface area contributed by atoms with Gasteiger partial charge in [0.15, 0.2) is 5.96 Å². The molecule has 0 saturated heterocycles. The average Bonchev–Trinajstić information content (AvgIpc) is 3.12. The van der Waals surface area contributed by atoms with Crippen LogP contribution in [0.5, 0.6) is 5.75 Å². The molecule has 0 heterocycles. The molecular weight excluding hydrogens is 441 g/mol. The molecule has 0 atom stereocenters. The summed E-state index contributed by atoms with van der Waals surface area (Å²) >= 11 is 0. The predicted octanol–water partition coefficient (Wildman–Crippen LogP) is 3.97. The summed E-state index contributed by atoms with van der Waals surface area (Å²) in [7, 11) is 3.50. The van der Waals surface area contributed by atoms with Crippen LogP contribution in [-0.4, -0.2) is 39.9 Å². The van der Waals surface area contributed by atoms with Crippen LogP contribution >= 0.6 is 24.0 Å². The number of rotatable bonds is 9. The minimum atomic E-state index is 0. The van der Waals surface area contributed by atoms with Crippen molar-refractivity contribution in [1.29, 1.82) is 0 Å². The first-order valence-corrected chi connectivity index (χ1v) is 9.36.